The van der Waals surface area contributed by atoms with Crippen molar-refractivity contribution in [2.45, 2.75) is 127 Å². The molecule has 7 atom stereocenters. The van der Waals surface area contributed by atoms with E-state index in [9.17, 15) is 73.2 Å². The molecule has 0 aliphatic carbocycles. The van der Waals surface area contributed by atoms with E-state index in [0.29, 0.717) is 30.5 Å². The first-order valence-electron chi connectivity index (χ1n) is 23.4. The highest BCUT2D eigenvalue weighted by Crippen LogP contribution is 2.14. The van der Waals surface area contributed by atoms with Crippen LogP contribution in [0, 0.1) is 5.92 Å². The van der Waals surface area contributed by atoms with Gasteiger partial charge in [0, 0.05) is 19.3 Å². The van der Waals surface area contributed by atoms with Crippen molar-refractivity contribution < 1.29 is 77.9 Å². The normalized spacial score (nSPS) is 13.7. The molecule has 0 saturated heterocycles. The Morgan fingerprint density at radius 1 is 0.575 bits per heavy atom. The second-order valence-electron chi connectivity index (χ2n) is 17.3. The van der Waals surface area contributed by atoms with E-state index in [4.69, 9.17) is 16.2 Å². The molecule has 0 aliphatic heterocycles. The lowest BCUT2D eigenvalue weighted by Gasteiger charge is -2.28. The van der Waals surface area contributed by atoms with E-state index >= 15 is 0 Å². The number of carbonyl (C=O) groups excluding carboxylic acids is 9. The highest BCUT2D eigenvalue weighted by atomic mass is 16.5. The number of aliphatic hydroxyl groups excluding tert-OH is 1. The van der Waals surface area contributed by atoms with E-state index in [1.165, 1.54) is 31.2 Å². The molecular formula is C47H68N10O16. The van der Waals surface area contributed by atoms with Gasteiger partial charge in [-0.2, -0.15) is 0 Å². The average Bonchev–Trinajstić information content (AvgIpc) is 3.33. The highest BCUT2D eigenvalue weighted by molar-refractivity contribution is 5.97. The van der Waals surface area contributed by atoms with Gasteiger partial charge in [0.15, 0.2) is 0 Å². The summed E-state index contributed by atoms with van der Waals surface area (Å²) in [6, 6.07) is 3.78. The number of rotatable bonds is 33. The summed E-state index contributed by atoms with van der Waals surface area (Å²) in [5.74, 6) is -11.0. The Bertz CT molecular complexity index is 2200. The van der Waals surface area contributed by atoms with E-state index in [2.05, 4.69) is 42.5 Å². The number of hydrogen-bond acceptors (Lipinski definition) is 15. The largest absolute Gasteiger partial charge is 0.508 e. The van der Waals surface area contributed by atoms with Gasteiger partial charge in [0.2, 0.25) is 47.3 Å². The maximum Gasteiger partial charge on any atom is 0.408 e. The van der Waals surface area contributed by atoms with Crippen molar-refractivity contribution in [3.05, 3.63) is 65.7 Å². The zero-order valence-electron chi connectivity index (χ0n) is 40.8. The summed E-state index contributed by atoms with van der Waals surface area (Å²) in [5, 5.41) is 57.7. The SMILES string of the molecule is CC(C)C[C@H](NC(=O)[C@H](CO)NC(=O)[C@H](CCC(=O)O)NC(=O)CNC(=O)[C@H](C)NC(=O)OCc1ccccc1)C(=O)N[C@@H](Cc1ccc(O)cc1)C(=O)N[C@@H](CCC(=O)O)C(=O)N[C@@H](CCCCN)C(N)=O. The number of phenolic OH excluding ortho intramolecular Hbond substituents is 1. The van der Waals surface area contributed by atoms with E-state index in [0.717, 1.165) is 0 Å². The lowest BCUT2D eigenvalue weighted by molar-refractivity contribution is -0.139. The summed E-state index contributed by atoms with van der Waals surface area (Å²) >= 11 is 0. The molecule has 0 fully saturated rings. The summed E-state index contributed by atoms with van der Waals surface area (Å²) in [6.07, 6.45) is -2.52. The minimum absolute atomic E-state index is 0.0794. The Morgan fingerprint density at radius 2 is 1.08 bits per heavy atom. The van der Waals surface area contributed by atoms with E-state index in [-0.39, 0.29) is 37.5 Å². The molecule has 0 aliphatic rings. The second kappa shape index (κ2) is 32.2. The van der Waals surface area contributed by atoms with Gasteiger partial charge in [-0.25, -0.2) is 4.79 Å². The number of aliphatic hydroxyl groups is 1. The molecule has 0 heterocycles. The van der Waals surface area contributed by atoms with Crippen LogP contribution in [0.3, 0.4) is 0 Å². The van der Waals surface area contributed by atoms with Gasteiger partial charge in [0.05, 0.1) is 13.2 Å². The zero-order chi connectivity index (χ0) is 54.6. The number of aromatic hydroxyl groups is 1. The number of primary amides is 1. The first kappa shape index (κ1) is 61.3. The van der Waals surface area contributed by atoms with Gasteiger partial charge in [-0.1, -0.05) is 56.3 Å². The van der Waals surface area contributed by atoms with Crippen LogP contribution in [0.5, 0.6) is 5.75 Å². The maximum atomic E-state index is 14.1. The lowest BCUT2D eigenvalue weighted by atomic mass is 10.00. The summed E-state index contributed by atoms with van der Waals surface area (Å²) in [6.45, 7) is 3.09. The smallest absolute Gasteiger partial charge is 0.408 e. The van der Waals surface area contributed by atoms with E-state index in [1.807, 2.05) is 0 Å². The van der Waals surface area contributed by atoms with Gasteiger partial charge in [0.25, 0.3) is 0 Å². The van der Waals surface area contributed by atoms with E-state index < -0.39 is 146 Å². The number of aliphatic carboxylic acids is 2. The fourth-order valence-corrected chi connectivity index (χ4v) is 6.76. The van der Waals surface area contributed by atoms with Crippen LogP contribution in [0.1, 0.15) is 83.3 Å². The van der Waals surface area contributed by atoms with Crippen LogP contribution < -0.4 is 54.0 Å². The number of phenols is 1. The van der Waals surface area contributed by atoms with Gasteiger partial charge < -0.3 is 79.2 Å². The monoisotopic (exact) mass is 1030 g/mol. The Balaban J connectivity index is 2.25. The van der Waals surface area contributed by atoms with Gasteiger partial charge in [-0.15, -0.1) is 0 Å². The predicted molar refractivity (Wildman–Crippen MR) is 258 cm³/mol. The minimum Gasteiger partial charge on any atom is -0.508 e. The van der Waals surface area contributed by atoms with Gasteiger partial charge >= 0.3 is 18.0 Å². The molecular weight excluding hydrogens is 961 g/mol. The van der Waals surface area contributed by atoms with Crippen LogP contribution in [0.4, 0.5) is 4.79 Å². The Labute approximate surface area is 420 Å². The van der Waals surface area contributed by atoms with Crippen molar-refractivity contribution in [3.63, 3.8) is 0 Å². The number of ether oxygens (including phenoxy) is 1. The number of benzene rings is 2. The van der Waals surface area contributed by atoms with Crippen molar-refractivity contribution in [1.29, 1.82) is 0 Å². The Hall–Kier alpha value is -7.87. The molecule has 0 unspecified atom stereocenters. The van der Waals surface area contributed by atoms with Crippen molar-refractivity contribution in [1.82, 2.24) is 42.5 Å². The molecule has 16 N–H and O–H groups in total. The van der Waals surface area contributed by atoms with Gasteiger partial charge in [-0.3, -0.25) is 47.9 Å². The number of carboxylic acid groups (broad SMARTS) is 2. The van der Waals surface area contributed by atoms with Crippen LogP contribution in [-0.2, 0) is 65.7 Å². The maximum absolute atomic E-state index is 14.1. The summed E-state index contributed by atoms with van der Waals surface area (Å²) in [4.78, 5) is 142. The number of carboxylic acids is 2. The standard InChI is InChI=1S/C47H68N10O16/c1-26(2)21-34(44(69)56-35(22-28-12-14-30(59)15-13-28)45(70)54-33(17-19-39(63)64)43(68)53-31(40(49)65)11-7-8-20-48)55-46(71)36(24-58)57-42(67)32(16-18-38(61)62)52-37(60)23-50-41(66)27(3)51-47(72)73-25-29-9-5-4-6-10-29/h4-6,9-10,12-15,26-27,31-36,58-59H,7-8,11,16-25,48H2,1-3H3,(H2,49,65)(H,50,66)(H,51,72)(H,52,60)(H,53,68)(H,54,70)(H,55,71)(H,56,69)(H,57,67)(H,61,62)(H,63,64)/t27-,31-,32-,33-,34-,35-,36-/m0/s1. The Kier molecular flexibility index (Phi) is 27.0. The first-order valence-corrected chi connectivity index (χ1v) is 23.4. The van der Waals surface area contributed by atoms with Crippen molar-refractivity contribution in [2.75, 3.05) is 19.7 Å². The third-order valence-corrected chi connectivity index (χ3v) is 10.7. The van der Waals surface area contributed by atoms with Crippen LogP contribution in [-0.4, -0.2) is 148 Å². The molecule has 0 saturated carbocycles. The molecule has 0 spiro atoms. The van der Waals surface area contributed by atoms with Crippen LogP contribution in [0.25, 0.3) is 0 Å². The summed E-state index contributed by atoms with van der Waals surface area (Å²) in [7, 11) is 0. The number of nitrogens with one attached hydrogen (secondary N) is 8. The quantitative estimate of drug-likeness (QED) is 0.0333. The third kappa shape index (κ3) is 24.2. The highest BCUT2D eigenvalue weighted by Gasteiger charge is 2.34. The summed E-state index contributed by atoms with van der Waals surface area (Å²) in [5.41, 5.74) is 12.1. The van der Waals surface area contributed by atoms with Crippen molar-refractivity contribution in [2.24, 2.45) is 17.4 Å². The molecule has 0 radical (unpaired) electrons. The van der Waals surface area contributed by atoms with Gasteiger partial charge in [-0.05, 0) is 81.2 Å². The molecule has 2 aromatic carbocycles. The molecule has 2 aromatic rings. The number of amides is 9. The Morgan fingerprint density at radius 3 is 1.63 bits per heavy atom. The number of alkyl carbamates (subject to hydrolysis) is 1. The fourth-order valence-electron chi connectivity index (χ4n) is 6.76. The van der Waals surface area contributed by atoms with Crippen molar-refractivity contribution >= 4 is 65.3 Å². The number of nitrogens with two attached hydrogens (primary N) is 2. The number of unbranched alkanes of at least 4 members (excludes halogenated alkanes) is 1. The second-order valence-corrected chi connectivity index (χ2v) is 17.3. The molecule has 2 rings (SSSR count). The third-order valence-electron chi connectivity index (χ3n) is 10.7. The first-order chi connectivity index (χ1) is 34.5. The van der Waals surface area contributed by atoms with Gasteiger partial charge in [0.1, 0.15) is 54.6 Å². The lowest BCUT2D eigenvalue weighted by Crippen LogP contribution is -2.60. The fraction of sp³-hybridized carbons (Fsp3) is 0.511. The minimum atomic E-state index is -1.81. The molecule has 9 amide bonds. The topological polar surface area (TPSA) is 426 Å². The molecule has 0 aromatic heterocycles. The molecule has 0 bridgehead atoms. The molecule has 26 heteroatoms. The van der Waals surface area contributed by atoms with Crippen molar-refractivity contribution in [3.8, 4) is 5.75 Å². The van der Waals surface area contributed by atoms with Crippen LogP contribution in [0.15, 0.2) is 54.6 Å². The zero-order valence-corrected chi connectivity index (χ0v) is 40.8. The van der Waals surface area contributed by atoms with Crippen LogP contribution >= 0.6 is 0 Å². The van der Waals surface area contributed by atoms with Crippen LogP contribution in [0.2, 0.25) is 0 Å². The predicted octanol–water partition coefficient (Wildman–Crippen LogP) is -2.34. The summed E-state index contributed by atoms with van der Waals surface area (Å²) < 4.78 is 5.08. The van der Waals surface area contributed by atoms with E-state index in [1.54, 1.807) is 44.2 Å². The molecule has 26 nitrogen and oxygen atoms in total. The number of carbonyl (C=O) groups is 11. The average molecular weight is 1030 g/mol. The molecule has 73 heavy (non-hydrogen) atoms. The number of hydrogen-bond donors (Lipinski definition) is 14. The molecule has 402 valence electrons.